The molecule has 94 valence electrons. The molecule has 0 saturated heterocycles. The first kappa shape index (κ1) is 12.3. The molecule has 0 spiro atoms. The maximum atomic E-state index is 11.9. The van der Waals surface area contributed by atoms with Crippen LogP contribution in [0.25, 0.3) is 0 Å². The van der Waals surface area contributed by atoms with Crippen LogP contribution in [0.2, 0.25) is 0 Å². The van der Waals surface area contributed by atoms with Gasteiger partial charge in [0, 0.05) is 11.9 Å². The minimum absolute atomic E-state index is 0.317. The molecule has 2 aromatic rings. The molecule has 2 rings (SSSR count). The van der Waals surface area contributed by atoms with Gasteiger partial charge in [0.15, 0.2) is 6.04 Å². The normalized spacial score (nSPS) is 12.1. The number of imidazole rings is 1. The van der Waals surface area contributed by atoms with E-state index in [0.717, 1.165) is 0 Å². The molecule has 2 heterocycles. The van der Waals surface area contributed by atoms with Gasteiger partial charge < -0.3 is 15.0 Å². The number of carboxylic acid groups (broad SMARTS) is 1. The zero-order chi connectivity index (χ0) is 13.1. The van der Waals surface area contributed by atoms with Crippen molar-refractivity contribution in [2.45, 2.75) is 6.04 Å². The molecule has 0 aliphatic carbocycles. The van der Waals surface area contributed by atoms with Gasteiger partial charge in [-0.15, -0.1) is 11.3 Å². The second-order valence-electron chi connectivity index (χ2n) is 3.65. The van der Waals surface area contributed by atoms with Gasteiger partial charge >= 0.3 is 5.97 Å². The molecule has 0 bridgehead atoms. The SMILES string of the molecule is Cn1cncc1C(=O)NC(C(=O)O)c1cccs1. The van der Waals surface area contributed by atoms with Crippen molar-refractivity contribution in [1.29, 1.82) is 0 Å². The summed E-state index contributed by atoms with van der Waals surface area (Å²) in [5.74, 6) is -1.55. The minimum atomic E-state index is -1.09. The van der Waals surface area contributed by atoms with Crippen LogP contribution in [0.3, 0.4) is 0 Å². The van der Waals surface area contributed by atoms with Crippen LogP contribution >= 0.6 is 11.3 Å². The van der Waals surface area contributed by atoms with Crippen molar-refractivity contribution in [3.05, 3.63) is 40.6 Å². The summed E-state index contributed by atoms with van der Waals surface area (Å²) in [6, 6.07) is 2.38. The number of carbonyl (C=O) groups excluding carboxylic acids is 1. The number of hydrogen-bond acceptors (Lipinski definition) is 4. The molecular formula is C11H11N3O3S. The highest BCUT2D eigenvalue weighted by atomic mass is 32.1. The number of thiophene rings is 1. The number of nitrogens with zero attached hydrogens (tertiary/aromatic N) is 2. The lowest BCUT2D eigenvalue weighted by atomic mass is 10.2. The van der Waals surface area contributed by atoms with Crippen LogP contribution in [0, 0.1) is 0 Å². The van der Waals surface area contributed by atoms with E-state index in [9.17, 15) is 9.59 Å². The Balaban J connectivity index is 2.18. The summed E-state index contributed by atoms with van der Waals surface area (Å²) in [5, 5.41) is 13.4. The highest BCUT2D eigenvalue weighted by Crippen LogP contribution is 2.19. The largest absolute Gasteiger partial charge is 0.479 e. The van der Waals surface area contributed by atoms with Crippen LogP contribution < -0.4 is 5.32 Å². The second kappa shape index (κ2) is 5.01. The number of carbonyl (C=O) groups is 2. The van der Waals surface area contributed by atoms with E-state index in [4.69, 9.17) is 5.11 Å². The predicted molar refractivity (Wildman–Crippen MR) is 65.4 cm³/mol. The highest BCUT2D eigenvalue weighted by Gasteiger charge is 2.24. The maximum absolute atomic E-state index is 11.9. The highest BCUT2D eigenvalue weighted by molar-refractivity contribution is 7.10. The fraction of sp³-hybridized carbons (Fsp3) is 0.182. The molecule has 0 fully saturated rings. The molecule has 2 N–H and O–H groups in total. The summed E-state index contributed by atoms with van der Waals surface area (Å²) in [4.78, 5) is 27.5. The summed E-state index contributed by atoms with van der Waals surface area (Å²) < 4.78 is 1.53. The van der Waals surface area contributed by atoms with Crippen LogP contribution in [0.1, 0.15) is 21.4 Å². The number of aryl methyl sites for hydroxylation is 1. The van der Waals surface area contributed by atoms with Crippen LogP contribution in [-0.4, -0.2) is 26.5 Å². The third-order valence-corrected chi connectivity index (χ3v) is 3.34. The summed E-state index contributed by atoms with van der Waals surface area (Å²) >= 11 is 1.28. The van der Waals surface area contributed by atoms with Crippen LogP contribution in [0.5, 0.6) is 0 Å². The second-order valence-corrected chi connectivity index (χ2v) is 4.63. The molecule has 6 nitrogen and oxygen atoms in total. The lowest BCUT2D eigenvalue weighted by molar-refractivity contribution is -0.139. The quantitative estimate of drug-likeness (QED) is 0.865. The van der Waals surface area contributed by atoms with Gasteiger partial charge in [-0.2, -0.15) is 0 Å². The standard InChI is InChI=1S/C11H11N3O3S/c1-14-6-12-5-7(14)10(15)13-9(11(16)17)8-3-2-4-18-8/h2-6,9H,1H3,(H,13,15)(H,16,17). The Kier molecular flexibility index (Phi) is 3.42. The predicted octanol–water partition coefficient (Wildman–Crippen LogP) is 1.04. The monoisotopic (exact) mass is 265 g/mol. The van der Waals surface area contributed by atoms with Crippen molar-refractivity contribution in [1.82, 2.24) is 14.9 Å². The smallest absolute Gasteiger partial charge is 0.331 e. The topological polar surface area (TPSA) is 84.2 Å². The van der Waals surface area contributed by atoms with E-state index in [0.29, 0.717) is 10.6 Å². The van der Waals surface area contributed by atoms with Gasteiger partial charge in [-0.1, -0.05) is 6.07 Å². The number of aromatic nitrogens is 2. The Hall–Kier alpha value is -2.15. The van der Waals surface area contributed by atoms with E-state index >= 15 is 0 Å². The van der Waals surface area contributed by atoms with Crippen LogP contribution in [0.15, 0.2) is 30.0 Å². The van der Waals surface area contributed by atoms with Gasteiger partial charge in [0.05, 0.1) is 12.5 Å². The van der Waals surface area contributed by atoms with E-state index in [1.54, 1.807) is 24.6 Å². The number of carboxylic acids is 1. The van der Waals surface area contributed by atoms with Gasteiger partial charge in [0.2, 0.25) is 0 Å². The van der Waals surface area contributed by atoms with Crippen molar-refractivity contribution in [2.24, 2.45) is 7.05 Å². The fourth-order valence-electron chi connectivity index (χ4n) is 1.49. The van der Waals surface area contributed by atoms with Crippen molar-refractivity contribution in [2.75, 3.05) is 0 Å². The first-order valence-corrected chi connectivity index (χ1v) is 6.01. The molecule has 1 unspecified atom stereocenters. The molecule has 18 heavy (non-hydrogen) atoms. The van der Waals surface area contributed by atoms with E-state index in [-0.39, 0.29) is 0 Å². The molecule has 0 radical (unpaired) electrons. The maximum Gasteiger partial charge on any atom is 0.331 e. The average Bonchev–Trinajstić information content (AvgIpc) is 2.95. The van der Waals surface area contributed by atoms with E-state index in [1.165, 1.54) is 28.4 Å². The Morgan fingerprint density at radius 3 is 2.83 bits per heavy atom. The van der Waals surface area contributed by atoms with E-state index in [1.807, 2.05) is 0 Å². The third kappa shape index (κ3) is 2.40. The number of amides is 1. The molecular weight excluding hydrogens is 254 g/mol. The van der Waals surface area contributed by atoms with Crippen LogP contribution in [0.4, 0.5) is 0 Å². The Morgan fingerprint density at radius 2 is 2.33 bits per heavy atom. The number of aliphatic carboxylic acids is 1. The summed E-state index contributed by atoms with van der Waals surface area (Å²) in [5.41, 5.74) is 0.317. The Labute approximate surface area is 107 Å². The molecule has 1 amide bonds. The summed E-state index contributed by atoms with van der Waals surface area (Å²) in [6.45, 7) is 0. The molecule has 7 heteroatoms. The Morgan fingerprint density at radius 1 is 1.56 bits per heavy atom. The molecule has 0 saturated carbocycles. The first-order valence-electron chi connectivity index (χ1n) is 5.13. The van der Waals surface area contributed by atoms with Crippen molar-refractivity contribution >= 4 is 23.2 Å². The molecule has 0 aromatic carbocycles. The van der Waals surface area contributed by atoms with E-state index in [2.05, 4.69) is 10.3 Å². The van der Waals surface area contributed by atoms with Crippen molar-refractivity contribution < 1.29 is 14.7 Å². The minimum Gasteiger partial charge on any atom is -0.479 e. The fourth-order valence-corrected chi connectivity index (χ4v) is 2.26. The number of rotatable bonds is 4. The lowest BCUT2D eigenvalue weighted by Gasteiger charge is -2.12. The van der Waals surface area contributed by atoms with Gasteiger partial charge in [0.25, 0.3) is 5.91 Å². The number of hydrogen-bond donors (Lipinski definition) is 2. The van der Waals surface area contributed by atoms with Gasteiger partial charge in [-0.3, -0.25) is 4.79 Å². The zero-order valence-corrected chi connectivity index (χ0v) is 10.3. The molecule has 1 atom stereocenters. The van der Waals surface area contributed by atoms with Gasteiger partial charge in [-0.25, -0.2) is 9.78 Å². The zero-order valence-electron chi connectivity index (χ0n) is 9.53. The third-order valence-electron chi connectivity index (χ3n) is 2.40. The van der Waals surface area contributed by atoms with Gasteiger partial charge in [-0.05, 0) is 11.4 Å². The molecule has 2 aromatic heterocycles. The van der Waals surface area contributed by atoms with Crippen LogP contribution in [-0.2, 0) is 11.8 Å². The molecule has 0 aliphatic heterocycles. The first-order chi connectivity index (χ1) is 8.59. The van der Waals surface area contributed by atoms with Crippen molar-refractivity contribution in [3.8, 4) is 0 Å². The average molecular weight is 265 g/mol. The number of nitrogens with one attached hydrogen (secondary N) is 1. The Bertz CT molecular complexity index is 562. The van der Waals surface area contributed by atoms with E-state index < -0.39 is 17.9 Å². The summed E-state index contributed by atoms with van der Waals surface area (Å²) in [7, 11) is 1.67. The van der Waals surface area contributed by atoms with Gasteiger partial charge in [0.1, 0.15) is 5.69 Å². The molecule has 0 aliphatic rings. The van der Waals surface area contributed by atoms with Crippen molar-refractivity contribution in [3.63, 3.8) is 0 Å². The lowest BCUT2D eigenvalue weighted by Crippen LogP contribution is -2.34. The summed E-state index contributed by atoms with van der Waals surface area (Å²) in [6.07, 6.45) is 2.87.